The maximum absolute atomic E-state index is 13.4. The van der Waals surface area contributed by atoms with Gasteiger partial charge in [-0.1, -0.05) is 13.8 Å². The summed E-state index contributed by atoms with van der Waals surface area (Å²) in [5.41, 5.74) is -1.09. The smallest absolute Gasteiger partial charge is 0.319 e. The number of nitrogens with one attached hydrogen (secondary N) is 2. The monoisotopic (exact) mass is 304 g/mol. The predicted molar refractivity (Wildman–Crippen MR) is 73.4 cm³/mol. The molecule has 4 nitrogen and oxygen atoms in total. The van der Waals surface area contributed by atoms with E-state index in [9.17, 15) is 23.1 Å². The van der Waals surface area contributed by atoms with Crippen molar-refractivity contribution in [2.75, 3.05) is 11.9 Å². The van der Waals surface area contributed by atoms with Crippen molar-refractivity contribution < 1.29 is 23.1 Å². The van der Waals surface area contributed by atoms with Crippen molar-refractivity contribution in [3.63, 3.8) is 0 Å². The van der Waals surface area contributed by atoms with E-state index in [0.29, 0.717) is 18.6 Å². The highest BCUT2D eigenvalue weighted by atomic mass is 19.1. The first-order valence-electron chi connectivity index (χ1n) is 6.48. The zero-order valence-corrected chi connectivity index (χ0v) is 12.1. The van der Waals surface area contributed by atoms with E-state index in [0.717, 1.165) is 0 Å². The van der Waals surface area contributed by atoms with Crippen molar-refractivity contribution in [3.8, 4) is 0 Å². The van der Waals surface area contributed by atoms with E-state index in [1.54, 1.807) is 6.92 Å². The number of hydrogen-bond donors (Lipinski definition) is 3. The van der Waals surface area contributed by atoms with Crippen LogP contribution >= 0.6 is 0 Å². The lowest BCUT2D eigenvalue weighted by Crippen LogP contribution is -2.38. The van der Waals surface area contributed by atoms with Crippen LogP contribution in [0.2, 0.25) is 0 Å². The second kappa shape index (κ2) is 6.80. The molecule has 118 valence electrons. The summed E-state index contributed by atoms with van der Waals surface area (Å²) in [6, 6.07) is 0.157. The standard InChI is InChI=1S/C14H19F3N2O2/c1-8(20)6-14(2,3)7-18-13(21)19-12-10(16)4-9(15)5-11(12)17/h4-5,8,20H,6-7H2,1-3H3,(H2,18,19,21). The molecule has 0 radical (unpaired) electrons. The molecule has 7 heteroatoms. The zero-order chi connectivity index (χ0) is 16.2. The Morgan fingerprint density at radius 3 is 2.29 bits per heavy atom. The molecule has 0 aliphatic heterocycles. The van der Waals surface area contributed by atoms with Crippen LogP contribution in [0.3, 0.4) is 0 Å². The third-order valence-corrected chi connectivity index (χ3v) is 2.82. The van der Waals surface area contributed by atoms with E-state index in [1.807, 2.05) is 19.2 Å². The SMILES string of the molecule is CC(O)CC(C)(C)CNC(=O)Nc1c(F)cc(F)cc1F. The molecule has 1 rings (SSSR count). The van der Waals surface area contributed by atoms with Gasteiger partial charge in [0.2, 0.25) is 0 Å². The number of hydrogen-bond acceptors (Lipinski definition) is 2. The van der Waals surface area contributed by atoms with Gasteiger partial charge in [-0.3, -0.25) is 0 Å². The number of anilines is 1. The molecule has 0 fully saturated rings. The van der Waals surface area contributed by atoms with Gasteiger partial charge in [0, 0.05) is 18.7 Å². The summed E-state index contributed by atoms with van der Waals surface area (Å²) < 4.78 is 39.5. The Morgan fingerprint density at radius 1 is 1.29 bits per heavy atom. The van der Waals surface area contributed by atoms with E-state index in [4.69, 9.17) is 0 Å². The van der Waals surface area contributed by atoms with Gasteiger partial charge in [-0.05, 0) is 18.8 Å². The molecule has 1 aromatic rings. The van der Waals surface area contributed by atoms with Crippen molar-refractivity contribution >= 4 is 11.7 Å². The Hall–Kier alpha value is -1.76. The number of benzene rings is 1. The lowest BCUT2D eigenvalue weighted by Gasteiger charge is -2.26. The fourth-order valence-corrected chi connectivity index (χ4v) is 2.01. The highest BCUT2D eigenvalue weighted by Gasteiger charge is 2.22. The summed E-state index contributed by atoms with van der Waals surface area (Å²) in [7, 11) is 0. The lowest BCUT2D eigenvalue weighted by atomic mass is 9.87. The van der Waals surface area contributed by atoms with Gasteiger partial charge in [-0.2, -0.15) is 0 Å². The molecule has 1 unspecified atom stereocenters. The van der Waals surface area contributed by atoms with Crippen LogP contribution in [-0.2, 0) is 0 Å². The highest BCUT2D eigenvalue weighted by molar-refractivity contribution is 5.89. The Bertz CT molecular complexity index is 496. The van der Waals surface area contributed by atoms with Crippen LogP contribution in [0.5, 0.6) is 0 Å². The lowest BCUT2D eigenvalue weighted by molar-refractivity contribution is 0.129. The summed E-state index contributed by atoms with van der Waals surface area (Å²) in [6.45, 7) is 5.50. The minimum absolute atomic E-state index is 0.203. The number of halogens is 3. The van der Waals surface area contributed by atoms with Crippen LogP contribution in [0.1, 0.15) is 27.2 Å². The number of carbonyl (C=O) groups excluding carboxylic acids is 1. The van der Waals surface area contributed by atoms with Crippen LogP contribution in [0.15, 0.2) is 12.1 Å². The predicted octanol–water partition coefficient (Wildman–Crippen LogP) is 3.02. The molecular weight excluding hydrogens is 285 g/mol. The average molecular weight is 304 g/mol. The molecule has 0 saturated heterocycles. The fraction of sp³-hybridized carbons (Fsp3) is 0.500. The average Bonchev–Trinajstić information content (AvgIpc) is 2.29. The molecule has 0 spiro atoms. The van der Waals surface area contributed by atoms with Crippen LogP contribution < -0.4 is 10.6 Å². The second-order valence-corrected chi connectivity index (χ2v) is 5.77. The third kappa shape index (κ3) is 5.63. The maximum atomic E-state index is 13.4. The summed E-state index contributed by atoms with van der Waals surface area (Å²) in [4.78, 5) is 11.6. The summed E-state index contributed by atoms with van der Waals surface area (Å²) in [6.07, 6.45) is -0.0798. The van der Waals surface area contributed by atoms with Crippen LogP contribution in [0.25, 0.3) is 0 Å². The van der Waals surface area contributed by atoms with Gasteiger partial charge >= 0.3 is 6.03 Å². The largest absolute Gasteiger partial charge is 0.393 e. The molecule has 0 aliphatic carbocycles. The zero-order valence-electron chi connectivity index (χ0n) is 12.1. The van der Waals surface area contributed by atoms with Gasteiger partial charge in [0.15, 0.2) is 11.6 Å². The number of aliphatic hydroxyl groups is 1. The van der Waals surface area contributed by atoms with Crippen molar-refractivity contribution in [1.29, 1.82) is 0 Å². The van der Waals surface area contributed by atoms with Gasteiger partial charge in [0.25, 0.3) is 0 Å². The number of rotatable bonds is 5. The summed E-state index contributed by atoms with van der Waals surface area (Å²) >= 11 is 0. The molecule has 0 heterocycles. The number of amides is 2. The molecule has 21 heavy (non-hydrogen) atoms. The number of urea groups is 1. The molecule has 2 amide bonds. The molecule has 3 N–H and O–H groups in total. The van der Waals surface area contributed by atoms with Gasteiger partial charge in [0.05, 0.1) is 6.10 Å². The molecule has 0 saturated carbocycles. The van der Waals surface area contributed by atoms with E-state index in [2.05, 4.69) is 5.32 Å². The molecule has 0 aromatic heterocycles. The number of aliphatic hydroxyl groups excluding tert-OH is 1. The van der Waals surface area contributed by atoms with Gasteiger partial charge in [-0.15, -0.1) is 0 Å². The first kappa shape index (κ1) is 17.3. The topological polar surface area (TPSA) is 61.4 Å². The molecule has 0 bridgehead atoms. The first-order chi connectivity index (χ1) is 9.60. The third-order valence-electron chi connectivity index (χ3n) is 2.82. The Kier molecular flexibility index (Phi) is 5.60. The Balaban J connectivity index is 2.63. The molecule has 0 aliphatic rings. The van der Waals surface area contributed by atoms with Gasteiger partial charge in [-0.25, -0.2) is 18.0 Å². The molecule has 1 atom stereocenters. The van der Waals surface area contributed by atoms with Crippen LogP contribution in [-0.4, -0.2) is 23.8 Å². The van der Waals surface area contributed by atoms with E-state index in [1.165, 1.54) is 0 Å². The van der Waals surface area contributed by atoms with Crippen molar-refractivity contribution in [3.05, 3.63) is 29.6 Å². The molecular formula is C14H19F3N2O2. The Morgan fingerprint density at radius 2 is 1.81 bits per heavy atom. The van der Waals surface area contributed by atoms with Gasteiger partial charge in [0.1, 0.15) is 11.5 Å². The van der Waals surface area contributed by atoms with Gasteiger partial charge < -0.3 is 15.7 Å². The van der Waals surface area contributed by atoms with Crippen molar-refractivity contribution in [2.45, 2.75) is 33.3 Å². The Labute approximate surface area is 121 Å². The maximum Gasteiger partial charge on any atom is 0.319 e. The summed E-state index contributed by atoms with van der Waals surface area (Å²) in [5, 5.41) is 13.8. The van der Waals surface area contributed by atoms with E-state index >= 15 is 0 Å². The first-order valence-corrected chi connectivity index (χ1v) is 6.48. The van der Waals surface area contributed by atoms with Crippen LogP contribution in [0, 0.1) is 22.9 Å². The highest BCUT2D eigenvalue weighted by Crippen LogP contribution is 2.22. The minimum atomic E-state index is -1.19. The summed E-state index contributed by atoms with van der Waals surface area (Å²) in [5.74, 6) is -3.44. The molecule has 1 aromatic carbocycles. The quantitative estimate of drug-likeness (QED) is 0.783. The second-order valence-electron chi connectivity index (χ2n) is 5.77. The van der Waals surface area contributed by atoms with Crippen molar-refractivity contribution in [1.82, 2.24) is 5.32 Å². The fourth-order valence-electron chi connectivity index (χ4n) is 2.01. The normalized spacial score (nSPS) is 12.9. The van der Waals surface area contributed by atoms with Crippen molar-refractivity contribution in [2.24, 2.45) is 5.41 Å². The van der Waals surface area contributed by atoms with E-state index in [-0.39, 0.29) is 12.0 Å². The minimum Gasteiger partial charge on any atom is -0.393 e. The van der Waals surface area contributed by atoms with E-state index < -0.39 is 35.3 Å². The number of carbonyl (C=O) groups is 1. The van der Waals surface area contributed by atoms with Crippen LogP contribution in [0.4, 0.5) is 23.7 Å².